The van der Waals surface area contributed by atoms with E-state index in [0.717, 1.165) is 19.5 Å². The van der Waals surface area contributed by atoms with Gasteiger partial charge >= 0.3 is 0 Å². The van der Waals surface area contributed by atoms with Gasteiger partial charge in [0.25, 0.3) is 0 Å². The lowest BCUT2D eigenvalue weighted by molar-refractivity contribution is 0.229. The fraction of sp³-hybridized carbons (Fsp3) is 0.818. The minimum atomic E-state index is 0.847. The van der Waals surface area contributed by atoms with Gasteiger partial charge in [0, 0.05) is 26.1 Å². The average Bonchev–Trinajstić information content (AvgIpc) is 2.19. The molecule has 0 aromatic rings. The summed E-state index contributed by atoms with van der Waals surface area (Å²) in [5.41, 5.74) is 0. The van der Waals surface area contributed by atoms with Crippen molar-refractivity contribution in [2.45, 2.75) is 25.7 Å². The number of terminal acetylenes is 1. The zero-order valence-electron chi connectivity index (χ0n) is 8.39. The molecule has 1 aliphatic heterocycles. The molecule has 1 heterocycles. The Balaban J connectivity index is 1.90. The molecule has 1 N–H and O–H groups in total. The molecular weight excluding hydrogens is 160 g/mol. The summed E-state index contributed by atoms with van der Waals surface area (Å²) in [5, 5.41) is 3.35. The smallest absolute Gasteiger partial charge is 0.0211 e. The van der Waals surface area contributed by atoms with Crippen LogP contribution in [0.4, 0.5) is 0 Å². The van der Waals surface area contributed by atoms with Crippen LogP contribution in [0.1, 0.15) is 25.7 Å². The molecule has 2 nitrogen and oxygen atoms in total. The van der Waals surface area contributed by atoms with Crippen molar-refractivity contribution in [1.29, 1.82) is 0 Å². The Kier molecular flexibility index (Phi) is 5.64. The number of likely N-dealkylation sites (tertiary alicyclic amines) is 1. The SMILES string of the molecule is C#CCCNCCN1CCCCC1. The van der Waals surface area contributed by atoms with E-state index >= 15 is 0 Å². The number of piperidine rings is 1. The molecule has 0 aromatic carbocycles. The highest BCUT2D eigenvalue weighted by Crippen LogP contribution is 2.06. The van der Waals surface area contributed by atoms with Gasteiger partial charge in [0.05, 0.1) is 0 Å². The van der Waals surface area contributed by atoms with Crippen LogP contribution in [0, 0.1) is 12.3 Å². The predicted octanol–water partition coefficient (Wildman–Crippen LogP) is 1.09. The van der Waals surface area contributed by atoms with Crippen LogP contribution in [-0.4, -0.2) is 37.6 Å². The minimum absolute atomic E-state index is 0.847. The van der Waals surface area contributed by atoms with Crippen molar-refractivity contribution in [3.63, 3.8) is 0 Å². The third kappa shape index (κ3) is 4.92. The number of nitrogens with one attached hydrogen (secondary N) is 1. The van der Waals surface area contributed by atoms with Crippen LogP contribution in [0.15, 0.2) is 0 Å². The van der Waals surface area contributed by atoms with E-state index in [1.165, 1.54) is 38.9 Å². The first-order chi connectivity index (χ1) is 6.43. The van der Waals surface area contributed by atoms with Gasteiger partial charge in [-0.25, -0.2) is 0 Å². The van der Waals surface area contributed by atoms with E-state index < -0.39 is 0 Å². The molecule has 0 saturated carbocycles. The summed E-state index contributed by atoms with van der Waals surface area (Å²) in [6.07, 6.45) is 10.2. The number of rotatable bonds is 5. The molecule has 0 aromatic heterocycles. The van der Waals surface area contributed by atoms with Crippen LogP contribution < -0.4 is 5.32 Å². The molecule has 1 aliphatic rings. The highest BCUT2D eigenvalue weighted by Gasteiger charge is 2.08. The molecule has 0 unspecified atom stereocenters. The zero-order chi connectivity index (χ0) is 9.36. The molecule has 0 bridgehead atoms. The maximum atomic E-state index is 5.15. The van der Waals surface area contributed by atoms with Crippen molar-refractivity contribution >= 4 is 0 Å². The quantitative estimate of drug-likeness (QED) is 0.503. The lowest BCUT2D eigenvalue weighted by Gasteiger charge is -2.26. The van der Waals surface area contributed by atoms with Gasteiger partial charge in [-0.1, -0.05) is 6.42 Å². The fourth-order valence-electron chi connectivity index (χ4n) is 1.71. The number of hydrogen-bond donors (Lipinski definition) is 1. The Labute approximate surface area is 81.7 Å². The van der Waals surface area contributed by atoms with E-state index in [2.05, 4.69) is 16.1 Å². The summed E-state index contributed by atoms with van der Waals surface area (Å²) in [5.74, 6) is 2.63. The van der Waals surface area contributed by atoms with Gasteiger partial charge < -0.3 is 10.2 Å². The van der Waals surface area contributed by atoms with Gasteiger partial charge in [-0.2, -0.15) is 0 Å². The summed E-state index contributed by atoms with van der Waals surface area (Å²) in [4.78, 5) is 2.53. The first kappa shape index (κ1) is 10.6. The van der Waals surface area contributed by atoms with Crippen LogP contribution in [0.5, 0.6) is 0 Å². The van der Waals surface area contributed by atoms with E-state index in [4.69, 9.17) is 6.42 Å². The normalized spacial score (nSPS) is 18.4. The summed E-state index contributed by atoms with van der Waals surface area (Å²) in [7, 11) is 0. The van der Waals surface area contributed by atoms with Gasteiger partial charge in [0.1, 0.15) is 0 Å². The summed E-state index contributed by atoms with van der Waals surface area (Å²) < 4.78 is 0. The molecule has 0 aliphatic carbocycles. The number of nitrogens with zero attached hydrogens (tertiary/aromatic N) is 1. The van der Waals surface area contributed by atoms with Gasteiger partial charge in [-0.05, 0) is 25.9 Å². The molecule has 1 fully saturated rings. The van der Waals surface area contributed by atoms with Crippen molar-refractivity contribution in [2.24, 2.45) is 0 Å². The molecule has 0 spiro atoms. The van der Waals surface area contributed by atoms with Gasteiger partial charge in [0.15, 0.2) is 0 Å². The van der Waals surface area contributed by atoms with Crippen molar-refractivity contribution in [3.05, 3.63) is 0 Å². The van der Waals surface area contributed by atoms with Crippen LogP contribution in [0.2, 0.25) is 0 Å². The van der Waals surface area contributed by atoms with Crippen LogP contribution in [0.25, 0.3) is 0 Å². The molecular formula is C11H20N2. The second kappa shape index (κ2) is 6.94. The Morgan fingerprint density at radius 1 is 1.15 bits per heavy atom. The lowest BCUT2D eigenvalue weighted by Crippen LogP contribution is -2.36. The molecule has 1 rings (SSSR count). The number of hydrogen-bond acceptors (Lipinski definition) is 2. The standard InChI is InChI=1S/C11H20N2/c1-2-3-7-12-8-11-13-9-5-4-6-10-13/h1,12H,3-11H2. The Morgan fingerprint density at radius 3 is 2.62 bits per heavy atom. The summed E-state index contributed by atoms with van der Waals surface area (Å²) in [6.45, 7) is 5.81. The summed E-state index contributed by atoms with van der Waals surface area (Å²) >= 11 is 0. The van der Waals surface area contributed by atoms with E-state index in [-0.39, 0.29) is 0 Å². The highest BCUT2D eigenvalue weighted by molar-refractivity contribution is 4.84. The zero-order valence-corrected chi connectivity index (χ0v) is 8.39. The van der Waals surface area contributed by atoms with Crippen molar-refractivity contribution in [1.82, 2.24) is 10.2 Å². The van der Waals surface area contributed by atoms with Gasteiger partial charge in [-0.3, -0.25) is 0 Å². The average molecular weight is 180 g/mol. The Morgan fingerprint density at radius 2 is 1.92 bits per heavy atom. The second-order valence-corrected chi connectivity index (χ2v) is 3.61. The first-order valence-corrected chi connectivity index (χ1v) is 5.30. The predicted molar refractivity (Wildman–Crippen MR) is 56.6 cm³/mol. The van der Waals surface area contributed by atoms with Crippen molar-refractivity contribution < 1.29 is 0 Å². The molecule has 0 amide bonds. The Bertz CT molecular complexity index is 154. The molecule has 2 heteroatoms. The second-order valence-electron chi connectivity index (χ2n) is 3.61. The maximum absolute atomic E-state index is 5.15. The first-order valence-electron chi connectivity index (χ1n) is 5.30. The highest BCUT2D eigenvalue weighted by atomic mass is 15.1. The molecule has 0 radical (unpaired) electrons. The summed E-state index contributed by atoms with van der Waals surface area (Å²) in [6, 6.07) is 0. The third-order valence-electron chi connectivity index (χ3n) is 2.50. The maximum Gasteiger partial charge on any atom is 0.0211 e. The molecule has 0 atom stereocenters. The monoisotopic (exact) mass is 180 g/mol. The molecule has 13 heavy (non-hydrogen) atoms. The topological polar surface area (TPSA) is 15.3 Å². The van der Waals surface area contributed by atoms with Gasteiger partial charge in [-0.15, -0.1) is 12.3 Å². The Hall–Kier alpha value is -0.520. The van der Waals surface area contributed by atoms with E-state index in [0.29, 0.717) is 0 Å². The van der Waals surface area contributed by atoms with E-state index in [1.807, 2.05) is 0 Å². The molecule has 74 valence electrons. The van der Waals surface area contributed by atoms with Crippen LogP contribution >= 0.6 is 0 Å². The van der Waals surface area contributed by atoms with E-state index in [1.54, 1.807) is 0 Å². The van der Waals surface area contributed by atoms with Crippen LogP contribution in [-0.2, 0) is 0 Å². The lowest BCUT2D eigenvalue weighted by atomic mass is 10.1. The minimum Gasteiger partial charge on any atom is -0.315 e. The van der Waals surface area contributed by atoms with Crippen molar-refractivity contribution in [3.8, 4) is 12.3 Å². The van der Waals surface area contributed by atoms with Gasteiger partial charge in [0.2, 0.25) is 0 Å². The van der Waals surface area contributed by atoms with E-state index in [9.17, 15) is 0 Å². The van der Waals surface area contributed by atoms with Crippen molar-refractivity contribution in [2.75, 3.05) is 32.7 Å². The third-order valence-corrected chi connectivity index (χ3v) is 2.50. The largest absolute Gasteiger partial charge is 0.315 e. The van der Waals surface area contributed by atoms with Crippen LogP contribution in [0.3, 0.4) is 0 Å². The molecule has 1 saturated heterocycles. The fourth-order valence-corrected chi connectivity index (χ4v) is 1.71.